The van der Waals surface area contributed by atoms with Gasteiger partial charge < -0.3 is 5.11 Å². The topological polar surface area (TPSA) is 20.2 Å². The molecule has 0 aromatic heterocycles. The maximum atomic E-state index is 14.1. The van der Waals surface area contributed by atoms with Gasteiger partial charge in [0, 0.05) is 11.1 Å². The summed E-state index contributed by atoms with van der Waals surface area (Å²) in [5, 5.41) is 8.91. The van der Waals surface area contributed by atoms with Crippen molar-refractivity contribution < 1.29 is 84.1 Å². The van der Waals surface area contributed by atoms with Crippen molar-refractivity contribution in [3.05, 3.63) is 34.9 Å². The van der Waals surface area contributed by atoms with Crippen molar-refractivity contribution in [2.24, 2.45) is 0 Å². The number of aliphatic hydroxyl groups excluding tert-OH is 1. The van der Waals surface area contributed by atoms with Crippen LogP contribution in [0.1, 0.15) is 16.7 Å². The second kappa shape index (κ2) is 7.97. The van der Waals surface area contributed by atoms with E-state index in [4.69, 9.17) is 5.11 Å². The zero-order valence-electron chi connectivity index (χ0n) is 15.2. The van der Waals surface area contributed by atoms with E-state index in [1.165, 1.54) is 0 Å². The fourth-order valence-electron chi connectivity index (χ4n) is 2.43. The van der Waals surface area contributed by atoms with Gasteiger partial charge in [0.25, 0.3) is 0 Å². The maximum absolute atomic E-state index is 14.1. The second-order valence-electron chi connectivity index (χ2n) is 6.43. The third-order valence-electron chi connectivity index (χ3n) is 4.30. The molecule has 1 rings (SSSR count). The molecule has 0 bridgehead atoms. The van der Waals surface area contributed by atoms with E-state index in [9.17, 15) is 79.0 Å². The lowest BCUT2D eigenvalue weighted by Gasteiger charge is -2.37. The molecule has 0 unspecified atom stereocenters. The summed E-state index contributed by atoms with van der Waals surface area (Å²) >= 11 is 0. The molecule has 0 atom stereocenters. The Labute approximate surface area is 174 Å². The van der Waals surface area contributed by atoms with Crippen LogP contribution in [0.3, 0.4) is 0 Å². The molecule has 198 valence electrons. The van der Waals surface area contributed by atoms with E-state index in [-0.39, 0.29) is 0 Å². The molecule has 0 amide bonds. The first-order chi connectivity index (χ1) is 14.7. The van der Waals surface area contributed by atoms with Gasteiger partial charge in [-0.3, -0.25) is 0 Å². The number of rotatable bonds is 7. The third-order valence-corrected chi connectivity index (χ3v) is 4.30. The van der Waals surface area contributed by atoms with E-state index in [0.29, 0.717) is 0 Å². The van der Waals surface area contributed by atoms with Crippen molar-refractivity contribution in [2.45, 2.75) is 54.5 Å². The fraction of sp³-hybridized carbons (Fsp3) is 0.600. The quantitative estimate of drug-likeness (QED) is 0.366. The average molecular weight is 544 g/mol. The van der Waals surface area contributed by atoms with Gasteiger partial charge in [-0.25, -0.2) is 0 Å². The first kappa shape index (κ1) is 30.0. The molecule has 0 saturated heterocycles. The van der Waals surface area contributed by atoms with Gasteiger partial charge >= 0.3 is 47.9 Å². The van der Waals surface area contributed by atoms with Crippen molar-refractivity contribution in [2.75, 3.05) is 0 Å². The monoisotopic (exact) mass is 544 g/mol. The van der Waals surface area contributed by atoms with Crippen molar-refractivity contribution in [3.63, 3.8) is 0 Å². The smallest absolute Gasteiger partial charge is 0.392 e. The Hall–Kier alpha value is -2.08. The van der Waals surface area contributed by atoms with Gasteiger partial charge in [-0.2, -0.15) is 79.0 Å². The van der Waals surface area contributed by atoms with Gasteiger partial charge in [-0.1, -0.05) is 18.2 Å². The fourth-order valence-corrected chi connectivity index (χ4v) is 2.43. The normalized spacial score (nSPS) is 15.6. The summed E-state index contributed by atoms with van der Waals surface area (Å²) in [6.07, 6.45) is -14.8. The van der Waals surface area contributed by atoms with E-state index in [2.05, 4.69) is 0 Å². The molecule has 0 aliphatic rings. The molecule has 34 heavy (non-hydrogen) atoms. The summed E-state index contributed by atoms with van der Waals surface area (Å²) in [7, 11) is 0. The Balaban J connectivity index is 3.93. The molecule has 1 aromatic carbocycles. The molecule has 0 aliphatic carbocycles. The molecule has 0 heterocycles. The van der Waals surface area contributed by atoms with Crippen LogP contribution in [0.2, 0.25) is 0 Å². The predicted molar refractivity (Wildman–Crippen MR) is 72.1 cm³/mol. The molecular formula is C15H6F18O. The highest BCUT2D eigenvalue weighted by molar-refractivity contribution is 5.43. The molecular weight excluding hydrogens is 538 g/mol. The van der Waals surface area contributed by atoms with Gasteiger partial charge in [0.05, 0.1) is 6.61 Å². The minimum atomic E-state index is -7.62. The molecule has 1 nitrogen and oxygen atoms in total. The number of halogens is 18. The molecule has 0 saturated carbocycles. The summed E-state index contributed by atoms with van der Waals surface area (Å²) in [4.78, 5) is 0. The van der Waals surface area contributed by atoms with Crippen molar-refractivity contribution in [1.29, 1.82) is 0 Å². The highest BCUT2D eigenvalue weighted by atomic mass is 19.4. The lowest BCUT2D eigenvalue weighted by atomic mass is 9.86. The molecule has 1 N–H and O–H groups in total. The van der Waals surface area contributed by atoms with Crippen LogP contribution in [0, 0.1) is 0 Å². The highest BCUT2D eigenvalue weighted by Crippen LogP contribution is 2.60. The molecule has 0 aliphatic heterocycles. The Morgan fingerprint density at radius 1 is 0.471 bits per heavy atom. The maximum Gasteiger partial charge on any atom is 0.460 e. The van der Waals surface area contributed by atoms with E-state index < -0.39 is 89.4 Å². The number of benzene rings is 1. The van der Waals surface area contributed by atoms with E-state index in [1.54, 1.807) is 0 Å². The first-order valence-corrected chi connectivity index (χ1v) is 7.82. The Kier molecular flexibility index (Phi) is 7.02. The number of hydrogen-bond donors (Lipinski definition) is 1. The zero-order valence-corrected chi connectivity index (χ0v) is 15.2. The zero-order chi connectivity index (χ0) is 27.6. The van der Waals surface area contributed by atoms with E-state index >= 15 is 0 Å². The lowest BCUT2D eigenvalue weighted by molar-refractivity contribution is -0.400. The van der Waals surface area contributed by atoms with Crippen molar-refractivity contribution in [1.82, 2.24) is 0 Å². The van der Waals surface area contributed by atoms with Crippen LogP contribution in [-0.4, -0.2) is 41.1 Å². The van der Waals surface area contributed by atoms with Crippen LogP contribution in [0.25, 0.3) is 0 Å². The van der Waals surface area contributed by atoms with Gasteiger partial charge in [0.2, 0.25) is 0 Å². The summed E-state index contributed by atoms with van der Waals surface area (Å²) in [5.41, 5.74) is -8.98. The summed E-state index contributed by atoms with van der Waals surface area (Å²) in [6.45, 7) is -2.61. The number of alkyl halides is 18. The standard InChI is InChI=1S/C15H6F18O/c16-8(17,10(20,21)12(24,25)14(28,29)30)6-2-1-3-7(5(6)4-34)9(18,19)11(22,23)13(26,27)15(31,32)33/h1-3,34H,4H2. The van der Waals surface area contributed by atoms with Gasteiger partial charge in [0.15, 0.2) is 0 Å². The molecule has 0 radical (unpaired) electrons. The van der Waals surface area contributed by atoms with Crippen LogP contribution in [0.5, 0.6) is 0 Å². The molecule has 0 spiro atoms. The predicted octanol–water partition coefficient (Wildman–Crippen LogP) is 7.03. The summed E-state index contributed by atoms with van der Waals surface area (Å²) in [6, 6.07) is -1.74. The molecule has 0 fully saturated rings. The lowest BCUT2D eigenvalue weighted by Crippen LogP contribution is -2.60. The first-order valence-electron chi connectivity index (χ1n) is 7.82. The van der Waals surface area contributed by atoms with Crippen LogP contribution in [0.15, 0.2) is 18.2 Å². The van der Waals surface area contributed by atoms with Crippen molar-refractivity contribution in [3.8, 4) is 0 Å². The Morgan fingerprint density at radius 3 is 0.941 bits per heavy atom. The summed E-state index contributed by atoms with van der Waals surface area (Å²) < 4.78 is 236. The number of aliphatic hydroxyl groups is 1. The second-order valence-corrected chi connectivity index (χ2v) is 6.43. The SMILES string of the molecule is OCc1c(C(F)(F)C(F)(F)C(F)(F)C(F)(F)F)cccc1C(F)(F)C(F)(F)C(F)(F)C(F)(F)F. The molecule has 19 heteroatoms. The average Bonchev–Trinajstić information content (AvgIpc) is 2.64. The van der Waals surface area contributed by atoms with E-state index in [0.717, 1.165) is 0 Å². The van der Waals surface area contributed by atoms with E-state index in [1.807, 2.05) is 0 Å². The largest absolute Gasteiger partial charge is 0.460 e. The number of hydrogen-bond acceptors (Lipinski definition) is 1. The van der Waals surface area contributed by atoms with Crippen LogP contribution < -0.4 is 0 Å². The third kappa shape index (κ3) is 3.92. The highest BCUT2D eigenvalue weighted by Gasteiger charge is 2.84. The minimum Gasteiger partial charge on any atom is -0.392 e. The van der Waals surface area contributed by atoms with Gasteiger partial charge in [-0.05, 0) is 5.56 Å². The molecule has 1 aromatic rings. The summed E-state index contributed by atoms with van der Waals surface area (Å²) in [5.74, 6) is -44.3. The van der Waals surface area contributed by atoms with Crippen LogP contribution in [0.4, 0.5) is 79.0 Å². The van der Waals surface area contributed by atoms with Gasteiger partial charge in [-0.15, -0.1) is 0 Å². The van der Waals surface area contributed by atoms with Crippen molar-refractivity contribution >= 4 is 0 Å². The Bertz CT molecular complexity index is 825. The van der Waals surface area contributed by atoms with Crippen LogP contribution >= 0.6 is 0 Å². The van der Waals surface area contributed by atoms with Crippen LogP contribution in [-0.2, 0) is 18.5 Å². The minimum absolute atomic E-state index is 0.449. The van der Waals surface area contributed by atoms with Gasteiger partial charge in [0.1, 0.15) is 0 Å². The Morgan fingerprint density at radius 2 is 0.735 bits per heavy atom.